The molecule has 0 aliphatic heterocycles. The fourth-order valence-electron chi connectivity index (χ4n) is 2.45. The van der Waals surface area contributed by atoms with E-state index in [4.69, 9.17) is 15.4 Å². The highest BCUT2D eigenvalue weighted by Crippen LogP contribution is 2.30. The third-order valence-corrected chi connectivity index (χ3v) is 5.13. The van der Waals surface area contributed by atoms with E-state index in [-0.39, 0.29) is 22.0 Å². The number of hydrogen-bond donors (Lipinski definition) is 2. The van der Waals surface area contributed by atoms with Crippen molar-refractivity contribution in [2.75, 3.05) is 17.6 Å². The summed E-state index contributed by atoms with van der Waals surface area (Å²) in [5.41, 5.74) is 7.20. The van der Waals surface area contributed by atoms with Gasteiger partial charge in [0.2, 0.25) is 0 Å². The Hall–Kier alpha value is -2.94. The molecule has 0 aliphatic carbocycles. The number of ether oxygens (including phenoxy) is 1. The smallest absolute Gasteiger partial charge is 0.352 e. The van der Waals surface area contributed by atoms with Gasteiger partial charge in [0.1, 0.15) is 5.75 Å². The molecule has 0 bridgehead atoms. The number of methoxy groups -OCH3 is 1. The Kier molecular flexibility index (Phi) is 5.61. The SMILES string of the molecule is COc1ccc(NS(=O)(=O)c2c(C)cc(OOC(C)=O)cc2C)c(N)c1. The molecule has 2 rings (SSSR count). The van der Waals surface area contributed by atoms with Crippen LogP contribution in [-0.2, 0) is 19.7 Å². The highest BCUT2D eigenvalue weighted by Gasteiger charge is 2.22. The summed E-state index contributed by atoms with van der Waals surface area (Å²) in [6, 6.07) is 7.57. The van der Waals surface area contributed by atoms with E-state index in [1.54, 1.807) is 19.9 Å². The third-order valence-electron chi connectivity index (χ3n) is 3.46. The van der Waals surface area contributed by atoms with Gasteiger partial charge in [0.15, 0.2) is 5.75 Å². The number of anilines is 2. The Morgan fingerprint density at radius 2 is 1.69 bits per heavy atom. The van der Waals surface area contributed by atoms with Crippen molar-refractivity contribution in [1.29, 1.82) is 0 Å². The Bertz CT molecular complexity index is 917. The van der Waals surface area contributed by atoms with E-state index in [9.17, 15) is 13.2 Å². The zero-order chi connectivity index (χ0) is 19.5. The van der Waals surface area contributed by atoms with Crippen LogP contribution in [0.4, 0.5) is 11.4 Å². The van der Waals surface area contributed by atoms with Crippen LogP contribution in [-0.4, -0.2) is 21.5 Å². The summed E-state index contributed by atoms with van der Waals surface area (Å²) < 4.78 is 33.1. The second-order valence-corrected chi connectivity index (χ2v) is 7.22. The zero-order valence-electron chi connectivity index (χ0n) is 14.8. The van der Waals surface area contributed by atoms with E-state index < -0.39 is 16.0 Å². The zero-order valence-corrected chi connectivity index (χ0v) is 15.6. The van der Waals surface area contributed by atoms with Crippen LogP contribution in [0.1, 0.15) is 18.1 Å². The Balaban J connectivity index is 2.35. The molecule has 0 saturated carbocycles. The number of nitrogen functional groups attached to an aromatic ring is 1. The van der Waals surface area contributed by atoms with Gasteiger partial charge >= 0.3 is 5.97 Å². The molecule has 0 saturated heterocycles. The van der Waals surface area contributed by atoms with Crippen LogP contribution >= 0.6 is 0 Å². The first kappa shape index (κ1) is 19.4. The number of carbonyl (C=O) groups excluding carboxylic acids is 1. The Morgan fingerprint density at radius 3 is 2.19 bits per heavy atom. The topological polar surface area (TPSA) is 117 Å². The lowest BCUT2D eigenvalue weighted by molar-refractivity contribution is -0.210. The van der Waals surface area contributed by atoms with Crippen molar-refractivity contribution in [3.63, 3.8) is 0 Å². The molecular weight excluding hydrogens is 360 g/mol. The first-order valence-electron chi connectivity index (χ1n) is 7.56. The molecule has 140 valence electrons. The second kappa shape index (κ2) is 7.52. The van der Waals surface area contributed by atoms with E-state index in [0.29, 0.717) is 16.9 Å². The molecule has 0 radical (unpaired) electrons. The maximum absolute atomic E-state index is 12.8. The van der Waals surface area contributed by atoms with Crippen LogP contribution in [0.15, 0.2) is 35.2 Å². The molecule has 26 heavy (non-hydrogen) atoms. The normalized spacial score (nSPS) is 10.9. The van der Waals surface area contributed by atoms with Gasteiger partial charge in [0, 0.05) is 13.0 Å². The first-order chi connectivity index (χ1) is 12.1. The molecule has 2 aromatic rings. The van der Waals surface area contributed by atoms with Gasteiger partial charge in [-0.1, -0.05) is 0 Å². The lowest BCUT2D eigenvalue weighted by Crippen LogP contribution is -2.17. The predicted molar refractivity (Wildman–Crippen MR) is 96.5 cm³/mol. The Morgan fingerprint density at radius 1 is 1.08 bits per heavy atom. The number of nitrogens with one attached hydrogen (secondary N) is 1. The summed E-state index contributed by atoms with van der Waals surface area (Å²) in [5.74, 6) is 0.122. The molecule has 0 spiro atoms. The number of aryl methyl sites for hydroxylation is 2. The van der Waals surface area contributed by atoms with Crippen molar-refractivity contribution in [2.24, 2.45) is 0 Å². The fourth-order valence-corrected chi connectivity index (χ4v) is 3.99. The molecule has 0 fully saturated rings. The van der Waals surface area contributed by atoms with Gasteiger partial charge < -0.3 is 10.5 Å². The molecule has 8 nitrogen and oxygen atoms in total. The van der Waals surface area contributed by atoms with E-state index in [0.717, 1.165) is 0 Å². The van der Waals surface area contributed by atoms with Gasteiger partial charge in [-0.3, -0.25) is 14.5 Å². The minimum absolute atomic E-state index is 0.0860. The van der Waals surface area contributed by atoms with Crippen molar-refractivity contribution in [3.05, 3.63) is 41.5 Å². The van der Waals surface area contributed by atoms with Crippen LogP contribution < -0.4 is 20.1 Å². The lowest BCUT2D eigenvalue weighted by atomic mass is 10.1. The number of benzene rings is 2. The lowest BCUT2D eigenvalue weighted by Gasteiger charge is -2.15. The standard InChI is InChI=1S/C17H20N2O6S/c1-10-7-14(25-24-12(3)20)8-11(2)17(10)26(21,22)19-16-6-5-13(23-4)9-15(16)18/h5-9,19H,18H2,1-4H3. The molecule has 0 aromatic heterocycles. The average Bonchev–Trinajstić information content (AvgIpc) is 2.53. The largest absolute Gasteiger partial charge is 0.497 e. The van der Waals surface area contributed by atoms with E-state index in [2.05, 4.69) is 9.61 Å². The highest BCUT2D eigenvalue weighted by molar-refractivity contribution is 7.92. The number of carbonyl (C=O) groups is 1. The minimum Gasteiger partial charge on any atom is -0.497 e. The van der Waals surface area contributed by atoms with Gasteiger partial charge in [-0.15, -0.1) is 0 Å². The molecular formula is C17H20N2O6S. The minimum atomic E-state index is -3.90. The van der Waals surface area contributed by atoms with Crippen LogP contribution in [0.3, 0.4) is 0 Å². The van der Waals surface area contributed by atoms with Gasteiger partial charge in [-0.25, -0.2) is 13.2 Å². The van der Waals surface area contributed by atoms with Crippen molar-refractivity contribution >= 4 is 27.4 Å². The summed E-state index contributed by atoms with van der Waals surface area (Å²) in [6.45, 7) is 4.42. The van der Waals surface area contributed by atoms with E-state index in [1.165, 1.54) is 38.3 Å². The summed E-state index contributed by atoms with van der Waals surface area (Å²) in [6.07, 6.45) is 0. The fraction of sp³-hybridized carbons (Fsp3) is 0.235. The van der Waals surface area contributed by atoms with Crippen molar-refractivity contribution in [1.82, 2.24) is 0 Å². The monoisotopic (exact) mass is 380 g/mol. The van der Waals surface area contributed by atoms with Crippen molar-refractivity contribution in [2.45, 2.75) is 25.7 Å². The number of hydrogen-bond acceptors (Lipinski definition) is 7. The molecule has 0 heterocycles. The molecule has 0 unspecified atom stereocenters. The molecule has 0 amide bonds. The molecule has 9 heteroatoms. The third kappa shape index (κ3) is 4.37. The summed E-state index contributed by atoms with van der Waals surface area (Å²) in [7, 11) is -2.41. The van der Waals surface area contributed by atoms with Gasteiger partial charge in [0.05, 0.1) is 23.4 Å². The van der Waals surface area contributed by atoms with Gasteiger partial charge in [-0.2, -0.15) is 0 Å². The highest BCUT2D eigenvalue weighted by atomic mass is 32.2. The predicted octanol–water partition coefficient (Wildman–Crippen LogP) is 2.55. The molecule has 3 N–H and O–H groups in total. The Labute approximate surface area is 151 Å². The first-order valence-corrected chi connectivity index (χ1v) is 9.05. The van der Waals surface area contributed by atoms with Crippen LogP contribution in [0.2, 0.25) is 0 Å². The van der Waals surface area contributed by atoms with Crippen molar-refractivity contribution in [3.8, 4) is 11.5 Å². The quantitative estimate of drug-likeness (QED) is 0.449. The summed E-state index contributed by atoms with van der Waals surface area (Å²) >= 11 is 0. The van der Waals surface area contributed by atoms with Crippen molar-refractivity contribution < 1.29 is 27.7 Å². The van der Waals surface area contributed by atoms with Gasteiger partial charge in [0.25, 0.3) is 10.0 Å². The second-order valence-electron chi connectivity index (χ2n) is 5.60. The maximum Gasteiger partial charge on any atom is 0.352 e. The summed E-state index contributed by atoms with van der Waals surface area (Å²) in [5, 5.41) is 0. The average molecular weight is 380 g/mol. The number of sulfonamides is 1. The van der Waals surface area contributed by atoms with Gasteiger partial charge in [-0.05, 0) is 49.2 Å². The van der Waals surface area contributed by atoms with E-state index in [1.807, 2.05) is 0 Å². The van der Waals surface area contributed by atoms with Crippen LogP contribution in [0.25, 0.3) is 0 Å². The molecule has 0 aliphatic rings. The van der Waals surface area contributed by atoms with Crippen LogP contribution in [0.5, 0.6) is 11.5 Å². The molecule has 2 aromatic carbocycles. The van der Waals surface area contributed by atoms with Crippen LogP contribution in [0, 0.1) is 13.8 Å². The summed E-state index contributed by atoms with van der Waals surface area (Å²) in [4.78, 5) is 20.2. The number of rotatable bonds is 6. The molecule has 0 atom stereocenters. The van der Waals surface area contributed by atoms with E-state index >= 15 is 0 Å². The number of nitrogens with two attached hydrogens (primary N) is 1. The maximum atomic E-state index is 12.8.